The Balaban J connectivity index is 1.16. The standard InChI is InChI=1S/C26H32N4O2/c31-25(12-17-28-16-11-20-6-1-2-8-24(20)28)30-15-5-7-22(19-30)23-10-9-21(18-27-23)26(32)29-13-3-4-14-29/h1-2,6,8-10,18,22H,3-5,7,11-17,19H2/t22-/m1/s1. The highest BCUT2D eigenvalue weighted by Crippen LogP contribution is 2.29. The molecule has 2 saturated heterocycles. The fourth-order valence-electron chi connectivity index (χ4n) is 5.35. The number of rotatable bonds is 5. The molecule has 2 amide bonds. The molecule has 0 bridgehead atoms. The number of hydrogen-bond acceptors (Lipinski definition) is 4. The van der Waals surface area contributed by atoms with Crippen LogP contribution in [0.5, 0.6) is 0 Å². The summed E-state index contributed by atoms with van der Waals surface area (Å²) in [6.45, 7) is 5.04. The first kappa shape index (κ1) is 21.0. The number of aromatic nitrogens is 1. The van der Waals surface area contributed by atoms with Crippen LogP contribution >= 0.6 is 0 Å². The number of carbonyl (C=O) groups is 2. The highest BCUT2D eigenvalue weighted by atomic mass is 16.2. The van der Waals surface area contributed by atoms with Crippen LogP contribution < -0.4 is 4.90 Å². The Kier molecular flexibility index (Phi) is 6.10. The summed E-state index contributed by atoms with van der Waals surface area (Å²) >= 11 is 0. The number of likely N-dealkylation sites (tertiary alicyclic amines) is 2. The second kappa shape index (κ2) is 9.31. The van der Waals surface area contributed by atoms with Gasteiger partial charge in [-0.1, -0.05) is 18.2 Å². The lowest BCUT2D eigenvalue weighted by molar-refractivity contribution is -0.132. The Morgan fingerprint density at radius 3 is 2.56 bits per heavy atom. The van der Waals surface area contributed by atoms with Crippen molar-refractivity contribution in [2.24, 2.45) is 0 Å². The highest BCUT2D eigenvalue weighted by Gasteiger charge is 2.27. The van der Waals surface area contributed by atoms with Gasteiger partial charge in [-0.3, -0.25) is 14.6 Å². The summed E-state index contributed by atoms with van der Waals surface area (Å²) in [5.41, 5.74) is 4.33. The molecule has 4 heterocycles. The molecule has 2 fully saturated rings. The van der Waals surface area contributed by atoms with Crippen LogP contribution in [0.4, 0.5) is 5.69 Å². The molecular formula is C26H32N4O2. The smallest absolute Gasteiger partial charge is 0.255 e. The van der Waals surface area contributed by atoms with E-state index in [1.165, 1.54) is 11.3 Å². The van der Waals surface area contributed by atoms with Crippen LogP contribution in [0.15, 0.2) is 42.6 Å². The molecule has 6 nitrogen and oxygen atoms in total. The van der Waals surface area contributed by atoms with Crippen molar-refractivity contribution in [3.8, 4) is 0 Å². The molecule has 3 aliphatic rings. The number of pyridine rings is 1. The van der Waals surface area contributed by atoms with Crippen molar-refractivity contribution in [1.82, 2.24) is 14.8 Å². The van der Waals surface area contributed by atoms with Crippen LogP contribution in [0, 0.1) is 0 Å². The Bertz CT molecular complexity index is 968. The minimum absolute atomic E-state index is 0.0884. The van der Waals surface area contributed by atoms with Crippen LogP contribution in [0.2, 0.25) is 0 Å². The number of amides is 2. The van der Waals surface area contributed by atoms with Crippen molar-refractivity contribution < 1.29 is 9.59 Å². The predicted octanol–water partition coefficient (Wildman–Crippen LogP) is 3.48. The average molecular weight is 433 g/mol. The van der Waals surface area contributed by atoms with E-state index in [1.807, 2.05) is 21.9 Å². The number of hydrogen-bond donors (Lipinski definition) is 0. The van der Waals surface area contributed by atoms with Crippen molar-refractivity contribution in [2.75, 3.05) is 44.2 Å². The summed E-state index contributed by atoms with van der Waals surface area (Å²) in [6.07, 6.45) is 7.56. The number of carbonyl (C=O) groups excluding carboxylic acids is 2. The van der Waals surface area contributed by atoms with Gasteiger partial charge >= 0.3 is 0 Å². The van der Waals surface area contributed by atoms with Gasteiger partial charge in [0.1, 0.15) is 0 Å². The van der Waals surface area contributed by atoms with Crippen molar-refractivity contribution >= 4 is 17.5 Å². The molecule has 0 radical (unpaired) electrons. The molecule has 1 aromatic carbocycles. The SMILES string of the molecule is O=C(CCN1CCc2ccccc21)N1CCC[C@@H](c2ccc(C(=O)N3CCCC3)cn2)C1. The normalized spacial score (nSPS) is 20.5. The van der Waals surface area contributed by atoms with E-state index in [1.54, 1.807) is 6.20 Å². The maximum absolute atomic E-state index is 13.0. The van der Waals surface area contributed by atoms with E-state index in [0.29, 0.717) is 12.0 Å². The number of anilines is 1. The lowest BCUT2D eigenvalue weighted by atomic mass is 9.93. The minimum atomic E-state index is 0.0884. The second-order valence-corrected chi connectivity index (χ2v) is 9.27. The topological polar surface area (TPSA) is 56.8 Å². The first-order valence-corrected chi connectivity index (χ1v) is 12.0. The Labute approximate surface area is 190 Å². The summed E-state index contributed by atoms with van der Waals surface area (Å²) in [5, 5.41) is 0. The molecule has 0 aliphatic carbocycles. The van der Waals surface area contributed by atoms with E-state index in [4.69, 9.17) is 0 Å². The van der Waals surface area contributed by atoms with Gasteiger partial charge in [0.05, 0.1) is 5.56 Å². The molecule has 0 N–H and O–H groups in total. The zero-order valence-electron chi connectivity index (χ0n) is 18.7. The van der Waals surface area contributed by atoms with Gasteiger partial charge < -0.3 is 14.7 Å². The Morgan fingerprint density at radius 1 is 0.938 bits per heavy atom. The molecule has 0 spiro atoms. The molecule has 1 atom stereocenters. The molecule has 168 valence electrons. The van der Waals surface area contributed by atoms with Gasteiger partial charge in [-0.05, 0) is 55.9 Å². The molecule has 5 rings (SSSR count). The highest BCUT2D eigenvalue weighted by molar-refractivity contribution is 5.94. The minimum Gasteiger partial charge on any atom is -0.370 e. The number of piperidine rings is 1. The maximum atomic E-state index is 13.0. The molecule has 0 saturated carbocycles. The van der Waals surface area contributed by atoms with Crippen molar-refractivity contribution in [2.45, 2.75) is 44.4 Å². The van der Waals surface area contributed by atoms with Gasteiger partial charge in [0.15, 0.2) is 0 Å². The lowest BCUT2D eigenvalue weighted by Crippen LogP contribution is -2.40. The van der Waals surface area contributed by atoms with Gasteiger partial charge in [-0.2, -0.15) is 0 Å². The number of benzene rings is 1. The largest absolute Gasteiger partial charge is 0.370 e. The summed E-state index contributed by atoms with van der Waals surface area (Å²) in [6, 6.07) is 12.4. The van der Waals surface area contributed by atoms with E-state index in [0.717, 1.165) is 77.1 Å². The third-order valence-corrected chi connectivity index (χ3v) is 7.20. The number of fused-ring (bicyclic) bond motifs is 1. The van der Waals surface area contributed by atoms with Gasteiger partial charge in [0.25, 0.3) is 5.91 Å². The van der Waals surface area contributed by atoms with Crippen LogP contribution in [0.25, 0.3) is 0 Å². The fraction of sp³-hybridized carbons (Fsp3) is 0.500. The zero-order chi connectivity index (χ0) is 21.9. The third-order valence-electron chi connectivity index (χ3n) is 7.20. The van der Waals surface area contributed by atoms with Gasteiger partial charge in [0.2, 0.25) is 5.91 Å². The fourth-order valence-corrected chi connectivity index (χ4v) is 5.35. The van der Waals surface area contributed by atoms with Crippen molar-refractivity contribution in [1.29, 1.82) is 0 Å². The third kappa shape index (κ3) is 4.36. The zero-order valence-corrected chi connectivity index (χ0v) is 18.7. The van der Waals surface area contributed by atoms with Crippen LogP contribution in [-0.2, 0) is 11.2 Å². The average Bonchev–Trinajstić information content (AvgIpc) is 3.53. The molecule has 1 aromatic heterocycles. The maximum Gasteiger partial charge on any atom is 0.255 e. The molecular weight excluding hydrogens is 400 g/mol. The Morgan fingerprint density at radius 2 is 1.75 bits per heavy atom. The first-order chi connectivity index (χ1) is 15.7. The molecule has 2 aromatic rings. The van der Waals surface area contributed by atoms with E-state index < -0.39 is 0 Å². The first-order valence-electron chi connectivity index (χ1n) is 12.0. The van der Waals surface area contributed by atoms with E-state index in [2.05, 4.69) is 34.1 Å². The summed E-state index contributed by atoms with van der Waals surface area (Å²) in [5.74, 6) is 0.571. The molecule has 6 heteroatoms. The number of nitrogens with zero attached hydrogens (tertiary/aromatic N) is 4. The predicted molar refractivity (Wildman–Crippen MR) is 125 cm³/mol. The van der Waals surface area contributed by atoms with Crippen LogP contribution in [0.3, 0.4) is 0 Å². The van der Waals surface area contributed by atoms with E-state index >= 15 is 0 Å². The molecule has 3 aliphatic heterocycles. The van der Waals surface area contributed by atoms with Gasteiger partial charge in [0, 0.05) is 69.2 Å². The molecule has 32 heavy (non-hydrogen) atoms. The van der Waals surface area contributed by atoms with Crippen molar-refractivity contribution in [3.63, 3.8) is 0 Å². The van der Waals surface area contributed by atoms with Gasteiger partial charge in [-0.25, -0.2) is 0 Å². The summed E-state index contributed by atoms with van der Waals surface area (Å²) in [7, 11) is 0. The lowest BCUT2D eigenvalue weighted by Gasteiger charge is -2.33. The van der Waals surface area contributed by atoms with E-state index in [9.17, 15) is 9.59 Å². The summed E-state index contributed by atoms with van der Waals surface area (Å²) in [4.78, 5) is 36.4. The van der Waals surface area contributed by atoms with Crippen LogP contribution in [-0.4, -0.2) is 65.9 Å². The van der Waals surface area contributed by atoms with Crippen LogP contribution in [0.1, 0.15) is 59.6 Å². The van der Waals surface area contributed by atoms with Gasteiger partial charge in [-0.15, -0.1) is 0 Å². The number of para-hydroxylation sites is 1. The van der Waals surface area contributed by atoms with Crippen molar-refractivity contribution in [3.05, 3.63) is 59.4 Å². The quantitative estimate of drug-likeness (QED) is 0.726. The molecule has 0 unspecified atom stereocenters. The Hall–Kier alpha value is -2.89. The van der Waals surface area contributed by atoms with E-state index in [-0.39, 0.29) is 17.7 Å². The summed E-state index contributed by atoms with van der Waals surface area (Å²) < 4.78 is 0. The monoisotopic (exact) mass is 432 g/mol. The second-order valence-electron chi connectivity index (χ2n) is 9.27.